The van der Waals surface area contributed by atoms with Crippen molar-refractivity contribution in [2.75, 3.05) is 11.4 Å². The second-order valence-electron chi connectivity index (χ2n) is 4.93. The summed E-state index contributed by atoms with van der Waals surface area (Å²) in [7, 11) is 0. The molecule has 1 amide bonds. The van der Waals surface area contributed by atoms with Crippen molar-refractivity contribution in [2.45, 2.75) is 26.7 Å². The van der Waals surface area contributed by atoms with Crippen LogP contribution in [0.2, 0.25) is 0 Å². The fraction of sp³-hybridized carbons (Fsp3) is 0.333. The number of fused-ring (bicyclic) bond motifs is 1. The number of rotatable bonds is 3. The van der Waals surface area contributed by atoms with Gasteiger partial charge in [0, 0.05) is 18.7 Å². The summed E-state index contributed by atoms with van der Waals surface area (Å²) in [6, 6.07) is 4.95. The molecule has 0 saturated carbocycles. The number of anilines is 1. The Morgan fingerprint density at radius 3 is 2.74 bits per heavy atom. The first-order valence-corrected chi connectivity index (χ1v) is 6.29. The fourth-order valence-corrected chi connectivity index (χ4v) is 2.17. The van der Waals surface area contributed by atoms with E-state index in [4.69, 9.17) is 5.11 Å². The van der Waals surface area contributed by atoms with Crippen LogP contribution in [0.5, 0.6) is 0 Å². The molecule has 1 aliphatic rings. The maximum absolute atomic E-state index is 12.0. The number of carbonyl (C=O) groups excluding carboxylic acids is 1. The Bertz CT molecular complexity index is 557. The second-order valence-corrected chi connectivity index (χ2v) is 4.93. The molecular formula is C15H17NO3. The highest BCUT2D eigenvalue weighted by atomic mass is 16.4. The van der Waals surface area contributed by atoms with E-state index in [1.54, 1.807) is 23.1 Å². The van der Waals surface area contributed by atoms with Crippen molar-refractivity contribution in [3.63, 3.8) is 0 Å². The molecule has 4 heteroatoms. The molecule has 1 heterocycles. The van der Waals surface area contributed by atoms with Gasteiger partial charge in [-0.2, -0.15) is 0 Å². The van der Waals surface area contributed by atoms with Crippen molar-refractivity contribution in [2.24, 2.45) is 0 Å². The van der Waals surface area contributed by atoms with E-state index in [2.05, 4.69) is 0 Å². The average molecular weight is 259 g/mol. The van der Waals surface area contributed by atoms with Crippen LogP contribution in [0.1, 0.15) is 36.2 Å². The molecule has 0 bridgehead atoms. The van der Waals surface area contributed by atoms with Crippen LogP contribution >= 0.6 is 0 Å². The van der Waals surface area contributed by atoms with Gasteiger partial charge < -0.3 is 10.0 Å². The normalized spacial score (nSPS) is 14.0. The fourth-order valence-electron chi connectivity index (χ4n) is 2.17. The molecule has 0 unspecified atom stereocenters. The first kappa shape index (κ1) is 13.3. The molecule has 100 valence electrons. The lowest BCUT2D eigenvalue weighted by atomic mass is 9.98. The van der Waals surface area contributed by atoms with Crippen LogP contribution in [0, 0.1) is 0 Å². The first-order valence-electron chi connectivity index (χ1n) is 6.29. The minimum Gasteiger partial charge on any atom is -0.478 e. The Balaban J connectivity index is 2.36. The monoisotopic (exact) mass is 259 g/mol. The third-order valence-corrected chi connectivity index (χ3v) is 3.21. The number of hydrogen-bond donors (Lipinski definition) is 1. The highest BCUT2D eigenvalue weighted by Crippen LogP contribution is 2.28. The number of carboxylic acid groups (broad SMARTS) is 1. The van der Waals surface area contributed by atoms with Crippen molar-refractivity contribution in [3.8, 4) is 0 Å². The van der Waals surface area contributed by atoms with Crippen molar-refractivity contribution >= 4 is 17.6 Å². The molecule has 1 aromatic rings. The molecule has 0 aliphatic carbocycles. The van der Waals surface area contributed by atoms with Crippen LogP contribution in [-0.4, -0.2) is 23.5 Å². The van der Waals surface area contributed by atoms with E-state index in [1.165, 1.54) is 0 Å². The van der Waals surface area contributed by atoms with Crippen molar-refractivity contribution in [1.82, 2.24) is 0 Å². The zero-order valence-corrected chi connectivity index (χ0v) is 11.1. The van der Waals surface area contributed by atoms with Crippen LogP contribution in [0.25, 0.3) is 0 Å². The van der Waals surface area contributed by atoms with Gasteiger partial charge in [0.05, 0.1) is 5.56 Å². The quantitative estimate of drug-likeness (QED) is 0.849. The van der Waals surface area contributed by atoms with Gasteiger partial charge in [0.25, 0.3) is 0 Å². The molecular weight excluding hydrogens is 242 g/mol. The highest BCUT2D eigenvalue weighted by Gasteiger charge is 2.24. The van der Waals surface area contributed by atoms with E-state index < -0.39 is 5.97 Å². The molecule has 0 saturated heterocycles. The molecule has 0 atom stereocenters. The van der Waals surface area contributed by atoms with E-state index in [1.807, 2.05) is 19.9 Å². The molecule has 0 aromatic heterocycles. The average Bonchev–Trinajstić information content (AvgIpc) is 2.36. The third-order valence-electron chi connectivity index (χ3n) is 3.21. The molecule has 19 heavy (non-hydrogen) atoms. The number of amides is 1. The minimum absolute atomic E-state index is 0.0908. The number of nitrogens with zero attached hydrogens (tertiary/aromatic N) is 1. The van der Waals surface area contributed by atoms with Crippen molar-refractivity contribution in [1.29, 1.82) is 0 Å². The summed E-state index contributed by atoms with van der Waals surface area (Å²) >= 11 is 0. The van der Waals surface area contributed by atoms with E-state index in [0.717, 1.165) is 16.8 Å². The number of aromatic carboxylic acids is 1. The minimum atomic E-state index is -0.935. The first-order chi connectivity index (χ1) is 8.99. The van der Waals surface area contributed by atoms with Gasteiger partial charge in [0.2, 0.25) is 5.91 Å². The van der Waals surface area contributed by atoms with Crippen molar-refractivity contribution < 1.29 is 14.7 Å². The summed E-state index contributed by atoms with van der Waals surface area (Å²) in [6.07, 6.45) is 3.05. The topological polar surface area (TPSA) is 57.6 Å². The Morgan fingerprint density at radius 2 is 2.11 bits per heavy atom. The molecule has 0 radical (unpaired) electrons. The second kappa shape index (κ2) is 5.26. The summed E-state index contributed by atoms with van der Waals surface area (Å²) in [5.41, 5.74) is 3.19. The van der Waals surface area contributed by atoms with Gasteiger partial charge in [0.15, 0.2) is 0 Å². The maximum atomic E-state index is 12.0. The van der Waals surface area contributed by atoms with E-state index in [0.29, 0.717) is 19.4 Å². The summed E-state index contributed by atoms with van der Waals surface area (Å²) in [5.74, 6) is -0.844. The number of carbonyl (C=O) groups is 2. The number of benzene rings is 1. The number of allylic oxidation sites excluding steroid dienone is 1. The molecule has 0 fully saturated rings. The van der Waals surface area contributed by atoms with Gasteiger partial charge in [-0.1, -0.05) is 11.6 Å². The van der Waals surface area contributed by atoms with Crippen LogP contribution in [0.4, 0.5) is 5.69 Å². The van der Waals surface area contributed by atoms with Gasteiger partial charge in [-0.15, -0.1) is 0 Å². The summed E-state index contributed by atoms with van der Waals surface area (Å²) < 4.78 is 0. The van der Waals surface area contributed by atoms with Crippen LogP contribution in [-0.2, 0) is 11.2 Å². The number of hydrogen-bond acceptors (Lipinski definition) is 2. The predicted molar refractivity (Wildman–Crippen MR) is 73.5 cm³/mol. The Kier molecular flexibility index (Phi) is 3.69. The van der Waals surface area contributed by atoms with Gasteiger partial charge in [0.1, 0.15) is 0 Å². The molecule has 1 N–H and O–H groups in total. The van der Waals surface area contributed by atoms with E-state index in [-0.39, 0.29) is 11.5 Å². The largest absolute Gasteiger partial charge is 0.478 e. The van der Waals surface area contributed by atoms with E-state index in [9.17, 15) is 9.59 Å². The lowest BCUT2D eigenvalue weighted by Gasteiger charge is -2.28. The van der Waals surface area contributed by atoms with Gasteiger partial charge >= 0.3 is 5.97 Å². The Hall–Kier alpha value is -2.10. The van der Waals surface area contributed by atoms with Crippen LogP contribution in [0.15, 0.2) is 29.8 Å². The SMILES string of the molecule is CC(C)=CCN1C(=O)CCc2cc(C(=O)O)ccc21. The maximum Gasteiger partial charge on any atom is 0.335 e. The van der Waals surface area contributed by atoms with Crippen LogP contribution < -0.4 is 4.90 Å². The summed E-state index contributed by atoms with van der Waals surface area (Å²) in [6.45, 7) is 4.52. The summed E-state index contributed by atoms with van der Waals surface area (Å²) in [5, 5.41) is 8.99. The Morgan fingerprint density at radius 1 is 1.37 bits per heavy atom. The molecule has 1 aliphatic heterocycles. The van der Waals surface area contributed by atoms with Gasteiger partial charge in [-0.25, -0.2) is 4.79 Å². The summed E-state index contributed by atoms with van der Waals surface area (Å²) in [4.78, 5) is 24.6. The zero-order valence-electron chi connectivity index (χ0n) is 11.1. The lowest BCUT2D eigenvalue weighted by Crippen LogP contribution is -2.35. The zero-order chi connectivity index (χ0) is 14.0. The molecule has 2 rings (SSSR count). The van der Waals surface area contributed by atoms with Crippen LogP contribution in [0.3, 0.4) is 0 Å². The van der Waals surface area contributed by atoms with E-state index >= 15 is 0 Å². The van der Waals surface area contributed by atoms with Gasteiger partial charge in [-0.05, 0) is 44.0 Å². The lowest BCUT2D eigenvalue weighted by molar-refractivity contribution is -0.118. The standard InChI is InChI=1S/C15H17NO3/c1-10(2)7-8-16-13-5-3-12(15(18)19)9-11(13)4-6-14(16)17/h3,5,7,9H,4,6,8H2,1-2H3,(H,18,19). The number of aryl methyl sites for hydroxylation is 1. The van der Waals surface area contributed by atoms with Crippen molar-refractivity contribution in [3.05, 3.63) is 41.0 Å². The Labute approximate surface area is 112 Å². The van der Waals surface area contributed by atoms with Gasteiger partial charge in [-0.3, -0.25) is 4.79 Å². The smallest absolute Gasteiger partial charge is 0.335 e. The molecule has 0 spiro atoms. The predicted octanol–water partition coefficient (Wildman–Crippen LogP) is 2.63. The highest BCUT2D eigenvalue weighted by molar-refractivity contribution is 5.98. The molecule has 4 nitrogen and oxygen atoms in total. The third kappa shape index (κ3) is 2.84. The number of carboxylic acids is 1. The molecule has 1 aromatic carbocycles.